The molecule has 8 rings (SSSR count). The zero-order valence-electron chi connectivity index (χ0n) is 38.8. The highest BCUT2D eigenvalue weighted by atomic mass is 79.9. The molecule has 0 aliphatic carbocycles. The summed E-state index contributed by atoms with van der Waals surface area (Å²) in [5.41, 5.74) is 10.8. The smallest absolute Gasteiger partial charge is 0.255 e. The Hall–Kier alpha value is -6.72. The molecule has 0 aromatic heterocycles. The summed E-state index contributed by atoms with van der Waals surface area (Å²) in [5.74, 6) is 0.139. The maximum Gasteiger partial charge on any atom is 0.255 e. The van der Waals surface area contributed by atoms with Crippen LogP contribution < -0.4 is 20.4 Å². The van der Waals surface area contributed by atoms with E-state index in [1.54, 1.807) is 12.1 Å². The number of rotatable bonds is 13. The fourth-order valence-electron chi connectivity index (χ4n) is 8.35. The first kappa shape index (κ1) is 48.2. The van der Waals surface area contributed by atoms with Crippen LogP contribution in [-0.4, -0.2) is 85.8 Å². The number of aryl methyl sites for hydroxylation is 3. The second-order valence-corrected chi connectivity index (χ2v) is 18.2. The van der Waals surface area contributed by atoms with Crippen LogP contribution in [0.3, 0.4) is 0 Å². The molecule has 2 N–H and O–H groups in total. The van der Waals surface area contributed by atoms with E-state index in [9.17, 15) is 19.2 Å². The molecule has 2 saturated heterocycles. The summed E-state index contributed by atoms with van der Waals surface area (Å²) in [5, 5.41) is 5.92. The lowest BCUT2D eigenvalue weighted by molar-refractivity contribution is -0.131. The van der Waals surface area contributed by atoms with Gasteiger partial charge in [-0.05, 0) is 133 Å². The summed E-state index contributed by atoms with van der Waals surface area (Å²) in [6, 6.07) is 47.2. The summed E-state index contributed by atoms with van der Waals surface area (Å²) in [6.45, 7) is 12.3. The van der Waals surface area contributed by atoms with Crippen molar-refractivity contribution in [1.29, 1.82) is 0 Å². The van der Waals surface area contributed by atoms with Gasteiger partial charge in [0.25, 0.3) is 11.8 Å². The minimum absolute atomic E-state index is 0.0967. The predicted octanol–water partition coefficient (Wildman–Crippen LogP) is 10.4. The number of anilines is 4. The number of piperazine rings is 2. The molecule has 0 atom stereocenters. The van der Waals surface area contributed by atoms with Gasteiger partial charge >= 0.3 is 0 Å². The van der Waals surface area contributed by atoms with Gasteiger partial charge in [0.05, 0.1) is 12.8 Å². The van der Waals surface area contributed by atoms with E-state index in [2.05, 4.69) is 56.3 Å². The van der Waals surface area contributed by atoms with Crippen LogP contribution in [0.1, 0.15) is 68.3 Å². The second kappa shape index (κ2) is 23.6. The number of carbonyl (C=O) groups excluding carboxylic acids is 4. The minimum atomic E-state index is -0.139. The first-order valence-electron chi connectivity index (χ1n) is 23.3. The monoisotopic (exact) mass is 960 g/mol. The van der Waals surface area contributed by atoms with Crippen LogP contribution in [0.15, 0.2) is 150 Å². The Morgan fingerprint density at radius 3 is 1.39 bits per heavy atom. The summed E-state index contributed by atoms with van der Waals surface area (Å²) in [6.07, 6.45) is 4.30. The fraction of sp³-hybridized carbons (Fsp3) is 0.286. The molecule has 0 spiro atoms. The van der Waals surface area contributed by atoms with Gasteiger partial charge in [0.2, 0.25) is 11.8 Å². The lowest BCUT2D eigenvalue weighted by Gasteiger charge is -2.36. The number of halogens is 1. The highest BCUT2D eigenvalue weighted by Crippen LogP contribution is 2.23. The number of nitrogens with zero attached hydrogens (tertiary/aromatic N) is 4. The molecular weight excluding hydrogens is 901 g/mol. The average molecular weight is 962 g/mol. The van der Waals surface area contributed by atoms with Crippen LogP contribution in [-0.2, 0) is 28.9 Å². The van der Waals surface area contributed by atoms with Gasteiger partial charge in [-0.15, -0.1) is 0 Å². The van der Waals surface area contributed by atoms with Crippen LogP contribution in [0.2, 0.25) is 0 Å². The molecular formula is C56H61BrN6O4. The number of nitrogens with one attached hydrogen (secondary N) is 2. The van der Waals surface area contributed by atoms with Crippen LogP contribution in [0.5, 0.6) is 0 Å². The summed E-state index contributed by atoms with van der Waals surface area (Å²) < 4.78 is 0.872. The van der Waals surface area contributed by atoms with Crippen molar-refractivity contribution in [1.82, 2.24) is 9.80 Å². The standard InChI is InChI=1S/C30H35N3O2.C26H26BrN3O2/c1-3-4-8-24-10-12-25(13-11-24)30(35)31-27-14-16-28(17-15-27)32-18-20-33(21-19-32)29(34)22-26-9-6-5-7-23(26)2;1-19-5-2-3-6-20(19)18-25(31)30-15-13-29(14-16-30)24-11-9-23(10-12-24)28-26(32)21-7-4-8-22(27)17-21/h5-7,9-17H,3-4,8,18-22H2,1-2H3,(H,31,35);2-12,17H,13-16,18H2,1H3,(H,28,32). The number of benzene rings is 6. The molecule has 2 aliphatic heterocycles. The molecule has 0 radical (unpaired) electrons. The first-order valence-corrected chi connectivity index (χ1v) is 24.1. The second-order valence-electron chi connectivity index (χ2n) is 17.3. The molecule has 0 unspecified atom stereocenters. The first-order chi connectivity index (χ1) is 32.5. The zero-order chi connectivity index (χ0) is 47.1. The fourth-order valence-corrected chi connectivity index (χ4v) is 8.74. The largest absolute Gasteiger partial charge is 0.368 e. The van der Waals surface area contributed by atoms with Crippen molar-refractivity contribution in [3.05, 3.63) is 189 Å². The lowest BCUT2D eigenvalue weighted by atomic mass is 10.1. The number of amides is 4. The third-order valence-electron chi connectivity index (χ3n) is 12.6. The molecule has 2 heterocycles. The third kappa shape index (κ3) is 13.7. The Labute approximate surface area is 404 Å². The molecule has 11 heteroatoms. The van der Waals surface area contributed by atoms with Gasteiger partial charge < -0.3 is 30.2 Å². The molecule has 0 saturated carbocycles. The Balaban J connectivity index is 0.000000200. The van der Waals surface area contributed by atoms with Crippen molar-refractivity contribution in [2.45, 2.75) is 52.9 Å². The maximum absolute atomic E-state index is 12.8. The van der Waals surface area contributed by atoms with Crippen molar-refractivity contribution < 1.29 is 19.2 Å². The molecule has 6 aromatic rings. The Morgan fingerprint density at radius 1 is 0.507 bits per heavy atom. The van der Waals surface area contributed by atoms with E-state index < -0.39 is 0 Å². The normalized spacial score (nSPS) is 13.6. The van der Waals surface area contributed by atoms with Crippen molar-refractivity contribution in [3.63, 3.8) is 0 Å². The molecule has 4 amide bonds. The Kier molecular flexibility index (Phi) is 17.0. The van der Waals surface area contributed by atoms with Gasteiger partial charge in [0, 0.05) is 90.7 Å². The quantitative estimate of drug-likeness (QED) is 0.119. The van der Waals surface area contributed by atoms with Crippen LogP contribution in [0.4, 0.5) is 22.7 Å². The summed E-state index contributed by atoms with van der Waals surface area (Å²) in [4.78, 5) is 59.0. The van der Waals surface area contributed by atoms with Gasteiger partial charge in [-0.3, -0.25) is 19.2 Å². The van der Waals surface area contributed by atoms with Crippen molar-refractivity contribution in [3.8, 4) is 0 Å². The number of unbranched alkanes of at least 4 members (excludes halogenated alkanes) is 1. The molecule has 67 heavy (non-hydrogen) atoms. The predicted molar refractivity (Wildman–Crippen MR) is 275 cm³/mol. The highest BCUT2D eigenvalue weighted by Gasteiger charge is 2.23. The van der Waals surface area contributed by atoms with Crippen LogP contribution in [0.25, 0.3) is 0 Å². The Bertz CT molecular complexity index is 2600. The SMILES string of the molecule is CCCCc1ccc(C(=O)Nc2ccc(N3CCN(C(=O)Cc4ccccc4C)CC3)cc2)cc1.Cc1ccccc1CC(=O)N1CCN(c2ccc(NC(=O)c3cccc(Br)c3)cc2)CC1. The molecule has 0 bridgehead atoms. The molecule has 346 valence electrons. The van der Waals surface area contributed by atoms with Gasteiger partial charge in [0.1, 0.15) is 0 Å². The van der Waals surface area contributed by atoms with Crippen molar-refractivity contribution in [2.24, 2.45) is 0 Å². The van der Waals surface area contributed by atoms with E-state index in [1.165, 1.54) is 12.0 Å². The number of hydrogen-bond donors (Lipinski definition) is 2. The number of hydrogen-bond acceptors (Lipinski definition) is 6. The summed E-state index contributed by atoms with van der Waals surface area (Å²) in [7, 11) is 0. The Morgan fingerprint density at radius 2 is 0.955 bits per heavy atom. The van der Waals surface area contributed by atoms with E-state index in [0.717, 1.165) is 102 Å². The van der Waals surface area contributed by atoms with Gasteiger partial charge in [-0.2, -0.15) is 0 Å². The van der Waals surface area contributed by atoms with E-state index >= 15 is 0 Å². The van der Waals surface area contributed by atoms with Crippen LogP contribution >= 0.6 is 15.9 Å². The molecule has 10 nitrogen and oxygen atoms in total. The van der Waals surface area contributed by atoms with E-state index in [4.69, 9.17) is 0 Å². The summed E-state index contributed by atoms with van der Waals surface area (Å²) >= 11 is 3.39. The lowest BCUT2D eigenvalue weighted by Crippen LogP contribution is -2.49. The zero-order valence-corrected chi connectivity index (χ0v) is 40.4. The van der Waals surface area contributed by atoms with Gasteiger partial charge in [0.15, 0.2) is 0 Å². The molecule has 2 aliphatic rings. The van der Waals surface area contributed by atoms with E-state index in [0.29, 0.717) is 37.1 Å². The van der Waals surface area contributed by atoms with E-state index in [1.807, 2.05) is 144 Å². The van der Waals surface area contributed by atoms with Gasteiger partial charge in [-0.1, -0.05) is 96.0 Å². The number of carbonyl (C=O) groups is 4. The average Bonchev–Trinajstić information content (AvgIpc) is 3.35. The highest BCUT2D eigenvalue weighted by molar-refractivity contribution is 9.10. The van der Waals surface area contributed by atoms with Crippen molar-refractivity contribution >= 4 is 62.3 Å². The minimum Gasteiger partial charge on any atom is -0.368 e. The van der Waals surface area contributed by atoms with E-state index in [-0.39, 0.29) is 23.6 Å². The van der Waals surface area contributed by atoms with Gasteiger partial charge in [-0.25, -0.2) is 0 Å². The van der Waals surface area contributed by atoms with Crippen molar-refractivity contribution in [2.75, 3.05) is 72.8 Å². The topological polar surface area (TPSA) is 105 Å². The third-order valence-corrected chi connectivity index (χ3v) is 13.1. The molecule has 2 fully saturated rings. The molecule has 6 aromatic carbocycles. The maximum atomic E-state index is 12.8. The van der Waals surface area contributed by atoms with Crippen LogP contribution in [0, 0.1) is 13.8 Å².